The van der Waals surface area contributed by atoms with Gasteiger partial charge in [0.2, 0.25) is 5.91 Å². The Morgan fingerprint density at radius 3 is 2.36 bits per heavy atom. The summed E-state index contributed by atoms with van der Waals surface area (Å²) in [4.78, 5) is 27.2. The highest BCUT2D eigenvalue weighted by Gasteiger charge is 2.35. The Balaban J connectivity index is 1.91. The second-order valence-electron chi connectivity index (χ2n) is 5.49. The number of urea groups is 1. The lowest BCUT2D eigenvalue weighted by Gasteiger charge is -2.35. The number of carbonyl (C=O) groups is 2. The number of imide groups is 1. The predicted molar refractivity (Wildman–Crippen MR) is 90.7 cm³/mol. The number of hydrogen-bond donors (Lipinski definition) is 0. The van der Waals surface area contributed by atoms with Crippen molar-refractivity contribution in [2.45, 2.75) is 13.0 Å². The van der Waals surface area contributed by atoms with Crippen molar-refractivity contribution in [2.75, 3.05) is 11.4 Å². The lowest BCUT2D eigenvalue weighted by atomic mass is 10.1. The molecule has 0 spiro atoms. The fourth-order valence-corrected chi connectivity index (χ4v) is 3.18. The van der Waals surface area contributed by atoms with Gasteiger partial charge in [-0.25, -0.2) is 18.5 Å². The van der Waals surface area contributed by atoms with Gasteiger partial charge >= 0.3 is 6.03 Å². The van der Waals surface area contributed by atoms with Crippen LogP contribution < -0.4 is 4.90 Å². The average molecular weight is 385 g/mol. The fraction of sp³-hybridized carbons (Fsp3) is 0.176. The second kappa shape index (κ2) is 6.98. The monoisotopic (exact) mass is 384 g/mol. The Labute approximate surface area is 152 Å². The van der Waals surface area contributed by atoms with Crippen molar-refractivity contribution in [3.63, 3.8) is 0 Å². The van der Waals surface area contributed by atoms with Crippen molar-refractivity contribution in [1.29, 1.82) is 0 Å². The molecule has 1 fully saturated rings. The van der Waals surface area contributed by atoms with Gasteiger partial charge in [0.1, 0.15) is 11.6 Å². The van der Waals surface area contributed by atoms with Crippen molar-refractivity contribution in [1.82, 2.24) is 4.90 Å². The molecule has 1 saturated heterocycles. The molecule has 1 aliphatic heterocycles. The molecule has 0 aliphatic carbocycles. The zero-order chi connectivity index (χ0) is 18.1. The van der Waals surface area contributed by atoms with Gasteiger partial charge in [-0.15, -0.1) is 0 Å². The average Bonchev–Trinajstić information content (AvgIpc) is 2.55. The maximum atomic E-state index is 13.9. The Bertz CT molecular complexity index is 840. The highest BCUT2D eigenvalue weighted by atomic mass is 35.5. The van der Waals surface area contributed by atoms with Crippen LogP contribution in [0.25, 0.3) is 0 Å². The number of para-hydroxylation sites is 1. The third-order valence-electron chi connectivity index (χ3n) is 3.84. The van der Waals surface area contributed by atoms with Crippen LogP contribution in [0, 0.1) is 11.6 Å². The van der Waals surface area contributed by atoms with Crippen molar-refractivity contribution in [2.24, 2.45) is 0 Å². The first-order valence-corrected chi connectivity index (χ1v) is 8.14. The summed E-state index contributed by atoms with van der Waals surface area (Å²) in [5.41, 5.74) is 0.249. The van der Waals surface area contributed by atoms with Gasteiger partial charge in [-0.05, 0) is 18.2 Å². The third kappa shape index (κ3) is 3.45. The van der Waals surface area contributed by atoms with Gasteiger partial charge in [0.15, 0.2) is 0 Å². The topological polar surface area (TPSA) is 40.6 Å². The minimum Gasteiger partial charge on any atom is -0.319 e. The zero-order valence-corrected chi connectivity index (χ0v) is 14.3. The van der Waals surface area contributed by atoms with Crippen LogP contribution in [0.1, 0.15) is 12.0 Å². The SMILES string of the molecule is O=C1CCN(Cc2ccc(F)cc2F)C(=O)N1c1c(Cl)cccc1Cl. The standard InChI is InChI=1S/C17H12Cl2F2N2O2/c18-12-2-1-3-13(19)16(12)23-15(24)6-7-22(17(23)25)9-10-4-5-11(20)8-14(10)21/h1-5,8H,6-7,9H2. The molecule has 25 heavy (non-hydrogen) atoms. The molecule has 8 heteroatoms. The van der Waals surface area contributed by atoms with E-state index in [1.807, 2.05) is 0 Å². The van der Waals surface area contributed by atoms with Gasteiger partial charge < -0.3 is 4.90 Å². The van der Waals surface area contributed by atoms with Gasteiger partial charge in [-0.1, -0.05) is 35.3 Å². The molecule has 0 aromatic heterocycles. The summed E-state index contributed by atoms with van der Waals surface area (Å²) >= 11 is 12.2. The summed E-state index contributed by atoms with van der Waals surface area (Å²) < 4.78 is 26.9. The molecule has 0 saturated carbocycles. The minimum atomic E-state index is -0.757. The van der Waals surface area contributed by atoms with Gasteiger partial charge in [-0.3, -0.25) is 4.79 Å². The largest absolute Gasteiger partial charge is 0.331 e. The van der Waals surface area contributed by atoms with Crippen LogP contribution in [0.15, 0.2) is 36.4 Å². The molecule has 0 unspecified atom stereocenters. The van der Waals surface area contributed by atoms with Gasteiger partial charge in [0.05, 0.1) is 22.3 Å². The van der Waals surface area contributed by atoms with E-state index in [9.17, 15) is 18.4 Å². The highest BCUT2D eigenvalue weighted by molar-refractivity contribution is 6.41. The van der Waals surface area contributed by atoms with Crippen LogP contribution >= 0.6 is 23.2 Å². The van der Waals surface area contributed by atoms with E-state index < -0.39 is 23.6 Å². The number of rotatable bonds is 3. The van der Waals surface area contributed by atoms with Crippen LogP contribution in [0.4, 0.5) is 19.3 Å². The molecule has 0 radical (unpaired) electrons. The summed E-state index contributed by atoms with van der Waals surface area (Å²) in [5, 5.41) is 0.313. The number of carbonyl (C=O) groups excluding carboxylic acids is 2. The summed E-state index contributed by atoms with van der Waals surface area (Å²) in [6, 6.07) is 7.09. The van der Waals surface area contributed by atoms with E-state index >= 15 is 0 Å². The van der Waals surface area contributed by atoms with E-state index in [2.05, 4.69) is 0 Å². The molecule has 0 N–H and O–H groups in total. The third-order valence-corrected chi connectivity index (χ3v) is 4.45. The molecule has 4 nitrogen and oxygen atoms in total. The summed E-state index contributed by atoms with van der Waals surface area (Å²) in [6.45, 7) is 0.0177. The van der Waals surface area contributed by atoms with Crippen LogP contribution in [-0.4, -0.2) is 23.4 Å². The van der Waals surface area contributed by atoms with Crippen molar-refractivity contribution >= 4 is 40.8 Å². The Kier molecular flexibility index (Phi) is 4.92. The number of benzene rings is 2. The van der Waals surface area contributed by atoms with Gasteiger partial charge in [-0.2, -0.15) is 0 Å². The molecular formula is C17H12Cl2F2N2O2. The molecular weight excluding hydrogens is 373 g/mol. The van der Waals surface area contributed by atoms with Crippen molar-refractivity contribution in [3.05, 3.63) is 63.6 Å². The molecule has 0 atom stereocenters. The normalized spacial score (nSPS) is 15.0. The Morgan fingerprint density at radius 1 is 1.04 bits per heavy atom. The number of hydrogen-bond acceptors (Lipinski definition) is 2. The number of nitrogens with zero attached hydrogens (tertiary/aromatic N) is 2. The Hall–Kier alpha value is -2.18. The first-order chi connectivity index (χ1) is 11.9. The van der Waals surface area contributed by atoms with Crippen LogP contribution in [-0.2, 0) is 11.3 Å². The van der Waals surface area contributed by atoms with Gasteiger partial charge in [0, 0.05) is 24.6 Å². The zero-order valence-electron chi connectivity index (χ0n) is 12.8. The number of halogens is 4. The predicted octanol–water partition coefficient (Wildman–Crippen LogP) is 4.63. The van der Waals surface area contributed by atoms with E-state index in [-0.39, 0.29) is 40.8 Å². The van der Waals surface area contributed by atoms with Crippen LogP contribution in [0.5, 0.6) is 0 Å². The molecule has 0 bridgehead atoms. The first-order valence-electron chi connectivity index (χ1n) is 7.38. The Morgan fingerprint density at radius 2 is 1.72 bits per heavy atom. The van der Waals surface area contributed by atoms with E-state index in [1.54, 1.807) is 6.07 Å². The van der Waals surface area contributed by atoms with E-state index in [1.165, 1.54) is 23.1 Å². The van der Waals surface area contributed by atoms with E-state index in [0.717, 1.165) is 17.0 Å². The lowest BCUT2D eigenvalue weighted by molar-refractivity contribution is -0.119. The molecule has 2 aromatic rings. The van der Waals surface area contributed by atoms with Crippen molar-refractivity contribution in [3.8, 4) is 0 Å². The molecule has 1 aliphatic rings. The summed E-state index contributed by atoms with van der Waals surface area (Å²) in [7, 11) is 0. The number of anilines is 1. The van der Waals surface area contributed by atoms with E-state index in [0.29, 0.717) is 0 Å². The minimum absolute atomic E-state index is 0.0378. The van der Waals surface area contributed by atoms with Gasteiger partial charge in [0.25, 0.3) is 0 Å². The summed E-state index contributed by atoms with van der Waals surface area (Å²) in [6.07, 6.45) is 0.0378. The molecule has 3 amide bonds. The smallest absolute Gasteiger partial charge is 0.319 e. The molecule has 1 heterocycles. The lowest BCUT2D eigenvalue weighted by Crippen LogP contribution is -2.52. The fourth-order valence-electron chi connectivity index (χ4n) is 2.61. The van der Waals surface area contributed by atoms with E-state index in [4.69, 9.17) is 23.2 Å². The highest BCUT2D eigenvalue weighted by Crippen LogP contribution is 2.36. The molecule has 130 valence electrons. The second-order valence-corrected chi connectivity index (χ2v) is 6.30. The van der Waals surface area contributed by atoms with Crippen molar-refractivity contribution < 1.29 is 18.4 Å². The molecule has 3 rings (SSSR count). The van der Waals surface area contributed by atoms with Crippen LogP contribution in [0.3, 0.4) is 0 Å². The summed E-state index contributed by atoms with van der Waals surface area (Å²) in [5.74, 6) is -1.91. The number of amides is 3. The maximum Gasteiger partial charge on any atom is 0.331 e. The molecule has 2 aromatic carbocycles. The quantitative estimate of drug-likeness (QED) is 0.773. The first kappa shape index (κ1) is 17.6. The van der Waals surface area contributed by atoms with Crippen LogP contribution in [0.2, 0.25) is 10.0 Å². The maximum absolute atomic E-state index is 13.9.